The van der Waals surface area contributed by atoms with E-state index in [0.29, 0.717) is 41.6 Å². The molecule has 34 heavy (non-hydrogen) atoms. The Hall–Kier alpha value is -2.10. The molecule has 0 saturated carbocycles. The average Bonchev–Trinajstić information content (AvgIpc) is 2.81. The number of benzene rings is 2. The second kappa shape index (κ2) is 13.1. The standard InChI is InChI=1S/C25H36ClN3O4S/c1-17(27)22(15-30)29(28)11-4-12-32-21-8-5-18(6-9-21)25(2,3)19-7-10-23(24(34)13-19)33-16-20(31)14-26/h5-10,13,20,30-31,34H,4,11-12,14-16,27-28H2,1-3H3/b22-17-. The van der Waals surface area contributed by atoms with Crippen LogP contribution in [0.3, 0.4) is 0 Å². The zero-order valence-corrected chi connectivity index (χ0v) is 21.6. The molecule has 0 saturated heterocycles. The maximum Gasteiger partial charge on any atom is 0.132 e. The van der Waals surface area contributed by atoms with Crippen LogP contribution in [0.4, 0.5) is 0 Å². The minimum Gasteiger partial charge on any atom is -0.494 e. The number of aliphatic hydroxyl groups excluding tert-OH is 2. The van der Waals surface area contributed by atoms with E-state index in [9.17, 15) is 10.2 Å². The third-order valence-corrected chi connectivity index (χ3v) is 6.34. The van der Waals surface area contributed by atoms with Crippen LogP contribution in [0.2, 0.25) is 0 Å². The summed E-state index contributed by atoms with van der Waals surface area (Å²) in [6.07, 6.45) is -0.0350. The van der Waals surface area contributed by atoms with Crippen LogP contribution in [0.1, 0.15) is 38.3 Å². The number of alkyl halides is 1. The summed E-state index contributed by atoms with van der Waals surface area (Å²) in [6.45, 7) is 6.93. The number of thiol groups is 1. The van der Waals surface area contributed by atoms with Crippen molar-refractivity contribution in [2.24, 2.45) is 11.6 Å². The largest absolute Gasteiger partial charge is 0.494 e. The van der Waals surface area contributed by atoms with E-state index in [2.05, 4.69) is 26.5 Å². The van der Waals surface area contributed by atoms with Gasteiger partial charge in [0.2, 0.25) is 0 Å². The molecule has 0 bridgehead atoms. The molecule has 2 aromatic rings. The Morgan fingerprint density at radius 1 is 1.15 bits per heavy atom. The molecule has 0 aliphatic rings. The topological polar surface area (TPSA) is 114 Å². The van der Waals surface area contributed by atoms with E-state index >= 15 is 0 Å². The fourth-order valence-electron chi connectivity index (χ4n) is 3.40. The quantitative estimate of drug-likeness (QED) is 0.0924. The summed E-state index contributed by atoms with van der Waals surface area (Å²) in [6, 6.07) is 13.8. The first kappa shape index (κ1) is 28.1. The van der Waals surface area contributed by atoms with Crippen LogP contribution in [-0.2, 0) is 5.41 Å². The molecule has 1 unspecified atom stereocenters. The van der Waals surface area contributed by atoms with Crippen LogP contribution in [0, 0.1) is 0 Å². The van der Waals surface area contributed by atoms with E-state index in [0.717, 1.165) is 16.9 Å². The smallest absolute Gasteiger partial charge is 0.132 e. The van der Waals surface area contributed by atoms with Gasteiger partial charge in [0.25, 0.3) is 0 Å². The maximum absolute atomic E-state index is 9.59. The van der Waals surface area contributed by atoms with Crippen molar-refractivity contribution in [2.45, 2.75) is 43.6 Å². The third-order valence-electron chi connectivity index (χ3n) is 5.63. The molecule has 0 amide bonds. The first-order valence-electron chi connectivity index (χ1n) is 11.1. The van der Waals surface area contributed by atoms with Crippen molar-refractivity contribution in [3.63, 3.8) is 0 Å². The predicted molar refractivity (Wildman–Crippen MR) is 139 cm³/mol. The number of hydrazine groups is 1. The van der Waals surface area contributed by atoms with Gasteiger partial charge in [-0.15, -0.1) is 24.2 Å². The number of ether oxygens (including phenoxy) is 2. The van der Waals surface area contributed by atoms with Crippen molar-refractivity contribution in [1.29, 1.82) is 0 Å². The van der Waals surface area contributed by atoms with Gasteiger partial charge in [0.05, 0.1) is 24.8 Å². The molecule has 0 spiro atoms. The maximum atomic E-state index is 9.59. The Morgan fingerprint density at radius 3 is 2.35 bits per heavy atom. The summed E-state index contributed by atoms with van der Waals surface area (Å²) in [5, 5.41) is 20.4. The van der Waals surface area contributed by atoms with Gasteiger partial charge in [0.1, 0.15) is 24.2 Å². The van der Waals surface area contributed by atoms with Gasteiger partial charge >= 0.3 is 0 Å². The van der Waals surface area contributed by atoms with Crippen molar-refractivity contribution < 1.29 is 19.7 Å². The molecule has 9 heteroatoms. The first-order valence-corrected chi connectivity index (χ1v) is 12.1. The molecule has 0 aromatic heterocycles. The lowest BCUT2D eigenvalue weighted by atomic mass is 9.78. The van der Waals surface area contributed by atoms with Crippen LogP contribution in [0.15, 0.2) is 58.8 Å². The molecule has 2 rings (SSSR count). The van der Waals surface area contributed by atoms with Crippen LogP contribution in [0.5, 0.6) is 11.5 Å². The Kier molecular flexibility index (Phi) is 10.9. The minimum atomic E-state index is -0.717. The van der Waals surface area contributed by atoms with Gasteiger partial charge in [-0.2, -0.15) is 0 Å². The first-order chi connectivity index (χ1) is 16.1. The van der Waals surface area contributed by atoms with Crippen LogP contribution < -0.4 is 21.1 Å². The summed E-state index contributed by atoms with van der Waals surface area (Å²) in [7, 11) is 0. The highest BCUT2D eigenvalue weighted by Crippen LogP contribution is 2.36. The number of hydrogen-bond donors (Lipinski definition) is 5. The van der Waals surface area contributed by atoms with Gasteiger partial charge in [0, 0.05) is 29.0 Å². The Bertz CT molecular complexity index is 950. The fraction of sp³-hybridized carbons (Fsp3) is 0.440. The molecular formula is C25H36ClN3O4S. The second-order valence-corrected chi connectivity index (χ2v) is 9.42. The molecule has 0 aliphatic heterocycles. The highest BCUT2D eigenvalue weighted by atomic mass is 35.5. The summed E-state index contributed by atoms with van der Waals surface area (Å²) < 4.78 is 11.5. The number of hydrogen-bond acceptors (Lipinski definition) is 8. The van der Waals surface area contributed by atoms with Gasteiger partial charge < -0.3 is 30.4 Å². The number of allylic oxidation sites excluding steroid dienone is 1. The number of aliphatic hydroxyl groups is 2. The predicted octanol–water partition coefficient (Wildman–Crippen LogP) is 3.41. The van der Waals surface area contributed by atoms with Gasteiger partial charge in [-0.25, -0.2) is 5.84 Å². The lowest BCUT2D eigenvalue weighted by Crippen LogP contribution is -2.35. The highest BCUT2D eigenvalue weighted by molar-refractivity contribution is 7.80. The van der Waals surface area contributed by atoms with E-state index in [-0.39, 0.29) is 24.5 Å². The SMILES string of the molecule is C/C(N)=C(\CO)N(N)CCCOc1ccc(C(C)(C)c2ccc(OCC(O)CCl)c(S)c2)cc1. The van der Waals surface area contributed by atoms with Crippen molar-refractivity contribution in [3.05, 3.63) is 65.0 Å². The molecule has 7 nitrogen and oxygen atoms in total. The zero-order valence-electron chi connectivity index (χ0n) is 20.0. The van der Waals surface area contributed by atoms with E-state index in [4.69, 9.17) is 32.7 Å². The number of rotatable bonds is 13. The van der Waals surface area contributed by atoms with Crippen molar-refractivity contribution in [1.82, 2.24) is 5.01 Å². The van der Waals surface area contributed by atoms with Crippen molar-refractivity contribution in [2.75, 3.05) is 32.2 Å². The van der Waals surface area contributed by atoms with Crippen LogP contribution in [0.25, 0.3) is 0 Å². The van der Waals surface area contributed by atoms with E-state index in [1.165, 1.54) is 5.01 Å². The third kappa shape index (κ3) is 7.71. The lowest BCUT2D eigenvalue weighted by molar-refractivity contribution is 0.123. The van der Waals surface area contributed by atoms with E-state index in [1.807, 2.05) is 42.5 Å². The summed E-state index contributed by atoms with van der Waals surface area (Å²) in [4.78, 5) is 0.699. The van der Waals surface area contributed by atoms with Crippen molar-refractivity contribution in [3.8, 4) is 11.5 Å². The van der Waals surface area contributed by atoms with E-state index in [1.54, 1.807) is 6.92 Å². The second-order valence-electron chi connectivity index (χ2n) is 8.63. The molecule has 6 N–H and O–H groups in total. The molecular weight excluding hydrogens is 474 g/mol. The van der Waals surface area contributed by atoms with Crippen molar-refractivity contribution >= 4 is 24.2 Å². The summed E-state index contributed by atoms with van der Waals surface area (Å²) in [5.74, 6) is 7.43. The number of nitrogens with two attached hydrogens (primary N) is 2. The Balaban J connectivity index is 1.96. The monoisotopic (exact) mass is 509 g/mol. The van der Waals surface area contributed by atoms with E-state index < -0.39 is 6.10 Å². The van der Waals surface area contributed by atoms with Gasteiger partial charge in [-0.1, -0.05) is 32.0 Å². The number of halogens is 1. The van der Waals surface area contributed by atoms with Gasteiger partial charge in [-0.05, 0) is 42.3 Å². The normalized spacial score (nSPS) is 13.3. The highest BCUT2D eigenvalue weighted by Gasteiger charge is 2.24. The van der Waals surface area contributed by atoms with Crippen LogP contribution >= 0.6 is 24.2 Å². The minimum absolute atomic E-state index is 0.119. The molecule has 0 aliphatic carbocycles. The summed E-state index contributed by atoms with van der Waals surface area (Å²) in [5.41, 5.74) is 8.69. The zero-order chi connectivity index (χ0) is 25.3. The molecule has 1 atom stereocenters. The molecule has 2 aromatic carbocycles. The lowest BCUT2D eigenvalue weighted by Gasteiger charge is -2.27. The molecule has 0 heterocycles. The van der Waals surface area contributed by atoms with Gasteiger partial charge in [-0.3, -0.25) is 0 Å². The van der Waals surface area contributed by atoms with Gasteiger partial charge in [0.15, 0.2) is 0 Å². The fourth-order valence-corrected chi connectivity index (χ4v) is 3.76. The molecule has 0 fully saturated rings. The Labute approximate surface area is 212 Å². The van der Waals surface area contributed by atoms with Crippen LogP contribution in [-0.4, -0.2) is 53.6 Å². The average molecular weight is 510 g/mol. The summed E-state index contributed by atoms with van der Waals surface area (Å²) >= 11 is 10.2. The Morgan fingerprint density at radius 2 is 1.79 bits per heavy atom. The number of nitrogens with zero attached hydrogens (tertiary/aromatic N) is 1. The molecule has 0 radical (unpaired) electrons. The molecule has 188 valence electrons.